The van der Waals surface area contributed by atoms with E-state index >= 15 is 0 Å². The molecule has 3 aromatic carbocycles. The molecule has 47 heavy (non-hydrogen) atoms. The molecule has 0 N–H and O–H groups in total. The smallest absolute Gasteiger partial charge is 0.216 e. The van der Waals surface area contributed by atoms with Crippen molar-refractivity contribution >= 4 is 22.1 Å². The van der Waals surface area contributed by atoms with Gasteiger partial charge in [-0.05, 0) is 85.3 Å². The molecule has 4 nitrogen and oxygen atoms in total. The number of aryl methyl sites for hydroxylation is 4. The van der Waals surface area contributed by atoms with E-state index < -0.39 is 0 Å². The normalized spacial score (nSPS) is 11.2. The quantitative estimate of drug-likeness (QED) is 0.167. The zero-order chi connectivity index (χ0) is 32.4. The molecule has 7 rings (SSSR count). The average Bonchev–Trinajstić information content (AvgIpc) is 3.41. The summed E-state index contributed by atoms with van der Waals surface area (Å²) in [5.41, 5.74) is 13.7. The molecular weight excluding hydrogens is 755 g/mol. The molecule has 4 heterocycles. The van der Waals surface area contributed by atoms with Gasteiger partial charge in [0.15, 0.2) is 0 Å². The minimum Gasteiger partial charge on any atom is -0.486 e. The summed E-state index contributed by atoms with van der Waals surface area (Å²) in [7, 11) is 0. The SMILES string of the molecule is Cc1ccc(-c2[c-]cccc2)nc1.Cc1cnc(-c2[c-]ccc3c2oc2nc(-c4c(C)cccc4C)ccc23)cc1CC(C)(C)C.[Ir]. The molecule has 7 aromatic rings. The molecular formula is C42H39IrN3O-2. The fourth-order valence-electron chi connectivity index (χ4n) is 5.81. The first-order chi connectivity index (χ1) is 22.1. The third-order valence-electron chi connectivity index (χ3n) is 8.12. The van der Waals surface area contributed by atoms with Crippen molar-refractivity contribution in [3.63, 3.8) is 0 Å². The predicted octanol–water partition coefficient (Wildman–Crippen LogP) is 10.9. The number of rotatable bonds is 4. The number of aromatic nitrogens is 3. The van der Waals surface area contributed by atoms with E-state index in [2.05, 4.69) is 107 Å². The van der Waals surface area contributed by atoms with Gasteiger partial charge in [0.05, 0.1) is 11.3 Å². The standard InChI is InChI=1S/C30H29N2O.C12H10N.Ir/c1-18-9-7-10-19(2)27(18)25-14-13-23-22-11-8-12-24(28(22)33-29(23)32-25)26-15-21(16-30(4,5)6)20(3)17-31-26;1-10-7-8-12(13-9-10)11-5-3-2-4-6-11;/h7-11,13-15,17H,16H2,1-6H3;2-5,7-9H,1H3;/q2*-1;. The summed E-state index contributed by atoms with van der Waals surface area (Å²) >= 11 is 0. The van der Waals surface area contributed by atoms with E-state index in [0.717, 1.165) is 51.0 Å². The van der Waals surface area contributed by atoms with Gasteiger partial charge in [-0.2, -0.15) is 0 Å². The summed E-state index contributed by atoms with van der Waals surface area (Å²) < 4.78 is 6.37. The van der Waals surface area contributed by atoms with E-state index in [-0.39, 0.29) is 25.5 Å². The molecule has 4 aromatic heterocycles. The van der Waals surface area contributed by atoms with Gasteiger partial charge in [-0.15, -0.1) is 54.1 Å². The van der Waals surface area contributed by atoms with Gasteiger partial charge in [0, 0.05) is 43.4 Å². The monoisotopic (exact) mass is 794 g/mol. The first kappa shape index (κ1) is 33.9. The van der Waals surface area contributed by atoms with Crippen molar-refractivity contribution in [3.8, 4) is 33.8 Å². The molecule has 0 aliphatic heterocycles. The van der Waals surface area contributed by atoms with Crippen LogP contribution in [-0.2, 0) is 26.5 Å². The molecule has 0 amide bonds. The Morgan fingerprint density at radius 2 is 1.43 bits per heavy atom. The molecule has 5 heteroatoms. The average molecular weight is 794 g/mol. The molecule has 0 atom stereocenters. The van der Waals surface area contributed by atoms with E-state index in [4.69, 9.17) is 14.4 Å². The maximum Gasteiger partial charge on any atom is 0.216 e. The van der Waals surface area contributed by atoms with Crippen LogP contribution in [0.2, 0.25) is 0 Å². The number of hydrogen-bond acceptors (Lipinski definition) is 4. The molecule has 239 valence electrons. The van der Waals surface area contributed by atoms with E-state index in [1.54, 1.807) is 0 Å². The van der Waals surface area contributed by atoms with Crippen molar-refractivity contribution < 1.29 is 24.5 Å². The maximum atomic E-state index is 6.37. The van der Waals surface area contributed by atoms with Gasteiger partial charge in [0.2, 0.25) is 5.71 Å². The van der Waals surface area contributed by atoms with Gasteiger partial charge in [0.25, 0.3) is 0 Å². The summed E-state index contributed by atoms with van der Waals surface area (Å²) in [6, 6.07) is 35.2. The van der Waals surface area contributed by atoms with Crippen LogP contribution in [0.3, 0.4) is 0 Å². The van der Waals surface area contributed by atoms with Gasteiger partial charge >= 0.3 is 0 Å². The topological polar surface area (TPSA) is 51.8 Å². The first-order valence-corrected chi connectivity index (χ1v) is 15.7. The minimum absolute atomic E-state index is 0. The Morgan fingerprint density at radius 1 is 0.681 bits per heavy atom. The molecule has 1 radical (unpaired) electrons. The van der Waals surface area contributed by atoms with Crippen LogP contribution in [0.5, 0.6) is 0 Å². The fourth-order valence-corrected chi connectivity index (χ4v) is 5.81. The minimum atomic E-state index is 0. The van der Waals surface area contributed by atoms with E-state index in [1.807, 2.05) is 55.7 Å². The molecule has 0 bridgehead atoms. The van der Waals surface area contributed by atoms with Crippen LogP contribution >= 0.6 is 0 Å². The molecule has 0 saturated heterocycles. The second-order valence-corrected chi connectivity index (χ2v) is 13.2. The Morgan fingerprint density at radius 3 is 2.11 bits per heavy atom. The number of furan rings is 1. The summed E-state index contributed by atoms with van der Waals surface area (Å²) in [6.07, 6.45) is 4.82. The van der Waals surface area contributed by atoms with Crippen molar-refractivity contribution in [2.75, 3.05) is 0 Å². The second-order valence-electron chi connectivity index (χ2n) is 13.2. The summed E-state index contributed by atoms with van der Waals surface area (Å²) in [5.74, 6) is 0. The van der Waals surface area contributed by atoms with Gasteiger partial charge in [-0.1, -0.05) is 73.7 Å². The van der Waals surface area contributed by atoms with Crippen LogP contribution < -0.4 is 0 Å². The van der Waals surface area contributed by atoms with Crippen LogP contribution in [0.25, 0.3) is 55.8 Å². The van der Waals surface area contributed by atoms with Crippen molar-refractivity contribution in [2.45, 2.75) is 54.9 Å². The van der Waals surface area contributed by atoms with Crippen molar-refractivity contribution in [1.82, 2.24) is 15.0 Å². The zero-order valence-corrected chi connectivity index (χ0v) is 30.4. The zero-order valence-electron chi connectivity index (χ0n) is 28.0. The molecule has 0 saturated carbocycles. The predicted molar refractivity (Wildman–Crippen MR) is 190 cm³/mol. The summed E-state index contributed by atoms with van der Waals surface area (Å²) in [5, 5.41) is 2.05. The molecule has 0 aliphatic carbocycles. The van der Waals surface area contributed by atoms with Crippen molar-refractivity contribution in [3.05, 3.63) is 137 Å². The molecule has 0 unspecified atom stereocenters. The third kappa shape index (κ3) is 7.59. The van der Waals surface area contributed by atoms with Gasteiger partial charge in [-0.3, -0.25) is 0 Å². The third-order valence-corrected chi connectivity index (χ3v) is 8.12. The Bertz CT molecular complexity index is 2120. The van der Waals surface area contributed by atoms with E-state index in [1.165, 1.54) is 33.4 Å². The van der Waals surface area contributed by atoms with Gasteiger partial charge < -0.3 is 14.4 Å². The van der Waals surface area contributed by atoms with Crippen LogP contribution in [-0.4, -0.2) is 15.0 Å². The van der Waals surface area contributed by atoms with Crippen molar-refractivity contribution in [2.24, 2.45) is 5.41 Å². The Balaban J connectivity index is 0.000000260. The maximum absolute atomic E-state index is 6.37. The van der Waals surface area contributed by atoms with Crippen LogP contribution in [0, 0.1) is 45.2 Å². The fraction of sp³-hybridized carbons (Fsp3) is 0.214. The number of pyridine rings is 3. The number of nitrogens with zero attached hydrogens (tertiary/aromatic N) is 3. The van der Waals surface area contributed by atoms with Gasteiger partial charge in [0.1, 0.15) is 0 Å². The Kier molecular flexibility index (Phi) is 10.2. The molecule has 0 fully saturated rings. The van der Waals surface area contributed by atoms with E-state index in [0.29, 0.717) is 5.71 Å². The van der Waals surface area contributed by atoms with Crippen LogP contribution in [0.15, 0.2) is 102 Å². The number of hydrogen-bond donors (Lipinski definition) is 0. The second kappa shape index (κ2) is 14.1. The van der Waals surface area contributed by atoms with Gasteiger partial charge in [-0.25, -0.2) is 4.98 Å². The first-order valence-electron chi connectivity index (χ1n) is 15.7. The largest absolute Gasteiger partial charge is 0.486 e. The number of benzene rings is 3. The molecule has 0 aliphatic rings. The Hall–Kier alpha value is -4.44. The summed E-state index contributed by atoms with van der Waals surface area (Å²) in [4.78, 5) is 14.0. The summed E-state index contributed by atoms with van der Waals surface area (Å²) in [6.45, 7) is 15.2. The Labute approximate surface area is 291 Å². The van der Waals surface area contributed by atoms with Crippen molar-refractivity contribution in [1.29, 1.82) is 0 Å². The number of fused-ring (bicyclic) bond motifs is 3. The van der Waals surface area contributed by atoms with Crippen LogP contribution in [0.1, 0.15) is 48.6 Å². The van der Waals surface area contributed by atoms with E-state index in [9.17, 15) is 0 Å². The van der Waals surface area contributed by atoms with Crippen LogP contribution in [0.4, 0.5) is 0 Å². The molecule has 0 spiro atoms.